The van der Waals surface area contributed by atoms with Crippen molar-refractivity contribution in [1.82, 2.24) is 5.32 Å². The molecule has 0 spiro atoms. The van der Waals surface area contributed by atoms with Gasteiger partial charge in [-0.25, -0.2) is 4.79 Å². The molecule has 0 aliphatic carbocycles. The van der Waals surface area contributed by atoms with Crippen molar-refractivity contribution < 1.29 is 24.2 Å². The molecule has 1 aliphatic rings. The van der Waals surface area contributed by atoms with E-state index >= 15 is 0 Å². The summed E-state index contributed by atoms with van der Waals surface area (Å²) in [6.07, 6.45) is 2.32. The van der Waals surface area contributed by atoms with Gasteiger partial charge >= 0.3 is 5.97 Å². The molecule has 1 unspecified atom stereocenters. The number of amides is 1. The molecule has 6 nitrogen and oxygen atoms in total. The van der Waals surface area contributed by atoms with Crippen molar-refractivity contribution in [3.05, 3.63) is 65.7 Å². The Kier molecular flexibility index (Phi) is 6.44. The van der Waals surface area contributed by atoms with E-state index in [9.17, 15) is 14.7 Å². The second-order valence-electron chi connectivity index (χ2n) is 6.53. The number of hydrogen-bond acceptors (Lipinski definition) is 4. The standard InChI is InChI=1S/C21H23NO5/c23-20(22-19(21(24)25)12-15-6-2-1-3-7-15)16-8-4-9-17(13-16)27-14-18-10-5-11-26-18/h1-4,6-9,13,18-19H,5,10-12,14H2,(H,22,23)(H,24,25)/t18?,19-/m1/s1. The third-order valence-corrected chi connectivity index (χ3v) is 4.44. The van der Waals surface area contributed by atoms with Gasteiger partial charge in [-0.3, -0.25) is 4.79 Å². The lowest BCUT2D eigenvalue weighted by Crippen LogP contribution is -2.42. The van der Waals surface area contributed by atoms with E-state index in [1.54, 1.807) is 24.3 Å². The first-order valence-electron chi connectivity index (χ1n) is 9.04. The summed E-state index contributed by atoms with van der Waals surface area (Å²) in [6.45, 7) is 1.20. The molecule has 2 atom stereocenters. The minimum absolute atomic E-state index is 0.0877. The zero-order chi connectivity index (χ0) is 19.1. The number of rotatable bonds is 8. The third-order valence-electron chi connectivity index (χ3n) is 4.44. The zero-order valence-electron chi connectivity index (χ0n) is 15.0. The quantitative estimate of drug-likeness (QED) is 0.747. The highest BCUT2D eigenvalue weighted by molar-refractivity contribution is 5.97. The highest BCUT2D eigenvalue weighted by Crippen LogP contribution is 2.17. The van der Waals surface area contributed by atoms with Crippen LogP contribution in [0.4, 0.5) is 0 Å². The Morgan fingerprint density at radius 2 is 2.00 bits per heavy atom. The Morgan fingerprint density at radius 1 is 1.19 bits per heavy atom. The minimum Gasteiger partial charge on any atom is -0.491 e. The Hall–Kier alpha value is -2.86. The van der Waals surface area contributed by atoms with Crippen LogP contribution >= 0.6 is 0 Å². The lowest BCUT2D eigenvalue weighted by Gasteiger charge is -2.15. The van der Waals surface area contributed by atoms with Gasteiger partial charge in [0.15, 0.2) is 0 Å². The molecule has 0 aromatic heterocycles. The topological polar surface area (TPSA) is 84.9 Å². The third kappa shape index (κ3) is 5.56. The number of carbonyl (C=O) groups excluding carboxylic acids is 1. The van der Waals surface area contributed by atoms with Crippen molar-refractivity contribution in [2.75, 3.05) is 13.2 Å². The van der Waals surface area contributed by atoms with Crippen molar-refractivity contribution in [2.24, 2.45) is 0 Å². The van der Waals surface area contributed by atoms with Crippen LogP contribution in [-0.4, -0.2) is 42.3 Å². The summed E-state index contributed by atoms with van der Waals surface area (Å²) in [5.41, 5.74) is 1.21. The van der Waals surface area contributed by atoms with Gasteiger partial charge in [0.1, 0.15) is 18.4 Å². The van der Waals surface area contributed by atoms with Crippen molar-refractivity contribution >= 4 is 11.9 Å². The number of benzene rings is 2. The molecule has 1 amide bonds. The smallest absolute Gasteiger partial charge is 0.326 e. The maximum atomic E-state index is 12.5. The first kappa shape index (κ1) is 18.9. The van der Waals surface area contributed by atoms with Crippen molar-refractivity contribution in [1.29, 1.82) is 0 Å². The molecule has 0 radical (unpaired) electrons. The van der Waals surface area contributed by atoms with Crippen LogP contribution in [-0.2, 0) is 16.0 Å². The zero-order valence-corrected chi connectivity index (χ0v) is 15.0. The van der Waals surface area contributed by atoms with Crippen molar-refractivity contribution in [3.8, 4) is 5.75 Å². The summed E-state index contributed by atoms with van der Waals surface area (Å²) in [6, 6.07) is 14.9. The van der Waals surface area contributed by atoms with Crippen molar-refractivity contribution in [2.45, 2.75) is 31.4 Å². The van der Waals surface area contributed by atoms with Crippen LogP contribution in [0.3, 0.4) is 0 Å². The van der Waals surface area contributed by atoms with E-state index in [1.165, 1.54) is 0 Å². The predicted molar refractivity (Wildman–Crippen MR) is 99.9 cm³/mol. The average molecular weight is 369 g/mol. The van der Waals surface area contributed by atoms with Gasteiger partial charge < -0.3 is 19.9 Å². The maximum absolute atomic E-state index is 12.5. The summed E-state index contributed by atoms with van der Waals surface area (Å²) in [4.78, 5) is 24.0. The van der Waals surface area contributed by atoms with E-state index in [0.717, 1.165) is 25.0 Å². The number of aliphatic carboxylic acids is 1. The van der Waals surface area contributed by atoms with Crippen LogP contribution in [0.15, 0.2) is 54.6 Å². The Morgan fingerprint density at radius 3 is 2.70 bits per heavy atom. The molecule has 142 valence electrons. The summed E-state index contributed by atoms with van der Waals surface area (Å²) < 4.78 is 11.2. The van der Waals surface area contributed by atoms with Gasteiger partial charge in [0.2, 0.25) is 0 Å². The molecule has 27 heavy (non-hydrogen) atoms. The van der Waals surface area contributed by atoms with Gasteiger partial charge in [-0.1, -0.05) is 36.4 Å². The van der Waals surface area contributed by atoms with Crippen LogP contribution in [0.25, 0.3) is 0 Å². The average Bonchev–Trinajstić information content (AvgIpc) is 3.20. The first-order valence-corrected chi connectivity index (χ1v) is 9.04. The molecule has 3 rings (SSSR count). The summed E-state index contributed by atoms with van der Waals surface area (Å²) in [7, 11) is 0. The van der Waals surface area contributed by atoms with E-state index in [1.807, 2.05) is 30.3 Å². The normalized spacial score (nSPS) is 17.3. The van der Waals surface area contributed by atoms with E-state index in [0.29, 0.717) is 17.9 Å². The molecular formula is C21H23NO5. The number of carboxylic acids is 1. The van der Waals surface area contributed by atoms with Crippen molar-refractivity contribution in [3.63, 3.8) is 0 Å². The summed E-state index contributed by atoms with van der Waals surface area (Å²) in [5.74, 6) is -0.952. The van der Waals surface area contributed by atoms with Gasteiger partial charge in [-0.2, -0.15) is 0 Å². The fourth-order valence-electron chi connectivity index (χ4n) is 2.98. The van der Waals surface area contributed by atoms with Crippen LogP contribution < -0.4 is 10.1 Å². The van der Waals surface area contributed by atoms with Gasteiger partial charge in [-0.15, -0.1) is 0 Å². The first-order chi connectivity index (χ1) is 13.1. The lowest BCUT2D eigenvalue weighted by atomic mass is 10.1. The molecular weight excluding hydrogens is 346 g/mol. The number of ether oxygens (including phenoxy) is 2. The molecule has 2 aromatic carbocycles. The Bertz CT molecular complexity index is 771. The van der Waals surface area contributed by atoms with Crippen LogP contribution in [0, 0.1) is 0 Å². The Balaban J connectivity index is 1.61. The van der Waals surface area contributed by atoms with Crippen LogP contribution in [0.5, 0.6) is 5.75 Å². The highest BCUT2D eigenvalue weighted by Gasteiger charge is 2.21. The molecule has 0 bridgehead atoms. The molecule has 2 N–H and O–H groups in total. The minimum atomic E-state index is -1.07. The molecule has 0 saturated carbocycles. The largest absolute Gasteiger partial charge is 0.491 e. The number of hydrogen-bond donors (Lipinski definition) is 2. The fraction of sp³-hybridized carbons (Fsp3) is 0.333. The number of carboxylic acid groups (broad SMARTS) is 1. The number of carbonyl (C=O) groups is 2. The molecule has 1 aliphatic heterocycles. The highest BCUT2D eigenvalue weighted by atomic mass is 16.5. The monoisotopic (exact) mass is 369 g/mol. The van der Waals surface area contributed by atoms with E-state index in [4.69, 9.17) is 9.47 Å². The SMILES string of the molecule is O=C(N[C@H](Cc1ccccc1)C(=O)O)c1cccc(OCC2CCCO2)c1. The van der Waals surface area contributed by atoms with Gasteiger partial charge in [-0.05, 0) is 36.6 Å². The van der Waals surface area contributed by atoms with Gasteiger partial charge in [0.25, 0.3) is 5.91 Å². The molecule has 2 aromatic rings. The molecule has 6 heteroatoms. The fourth-order valence-corrected chi connectivity index (χ4v) is 2.98. The lowest BCUT2D eigenvalue weighted by molar-refractivity contribution is -0.139. The second kappa shape index (κ2) is 9.19. The van der Waals surface area contributed by atoms with Gasteiger partial charge in [0.05, 0.1) is 6.10 Å². The Labute approximate surface area is 158 Å². The van der Waals surface area contributed by atoms with E-state index < -0.39 is 17.9 Å². The summed E-state index contributed by atoms with van der Waals surface area (Å²) >= 11 is 0. The predicted octanol–water partition coefficient (Wildman–Crippen LogP) is 2.67. The summed E-state index contributed by atoms with van der Waals surface area (Å²) in [5, 5.41) is 12.0. The van der Waals surface area contributed by atoms with E-state index in [-0.39, 0.29) is 12.5 Å². The second-order valence-corrected chi connectivity index (χ2v) is 6.53. The maximum Gasteiger partial charge on any atom is 0.326 e. The van der Waals surface area contributed by atoms with Gasteiger partial charge in [0, 0.05) is 18.6 Å². The molecule has 1 heterocycles. The van der Waals surface area contributed by atoms with Crippen LogP contribution in [0.2, 0.25) is 0 Å². The molecule has 1 fully saturated rings. The van der Waals surface area contributed by atoms with E-state index in [2.05, 4.69) is 5.32 Å². The number of nitrogens with one attached hydrogen (secondary N) is 1. The molecule has 1 saturated heterocycles. The van der Waals surface area contributed by atoms with Crippen LogP contribution in [0.1, 0.15) is 28.8 Å².